The Morgan fingerprint density at radius 2 is 2.20 bits per heavy atom. The van der Waals surface area contributed by atoms with E-state index in [0.717, 1.165) is 10.0 Å². The Morgan fingerprint density at radius 1 is 1.47 bits per heavy atom. The van der Waals surface area contributed by atoms with E-state index in [1.54, 1.807) is 18.4 Å². The van der Waals surface area contributed by atoms with Crippen molar-refractivity contribution >= 4 is 37.5 Å². The van der Waals surface area contributed by atoms with Crippen LogP contribution in [0.3, 0.4) is 0 Å². The molecule has 1 saturated heterocycles. The quantitative estimate of drug-likeness (QED) is 0.830. The van der Waals surface area contributed by atoms with Crippen LogP contribution in [-0.4, -0.2) is 37.2 Å². The topological polar surface area (TPSA) is 40.6 Å². The molecule has 0 aliphatic carbocycles. The molecule has 1 aromatic heterocycles. The van der Waals surface area contributed by atoms with Gasteiger partial charge < -0.3 is 0 Å². The van der Waals surface area contributed by atoms with Crippen molar-refractivity contribution in [1.82, 2.24) is 8.61 Å². The van der Waals surface area contributed by atoms with Crippen LogP contribution in [0.2, 0.25) is 0 Å². The van der Waals surface area contributed by atoms with Crippen molar-refractivity contribution in [2.75, 3.05) is 20.1 Å². The summed E-state index contributed by atoms with van der Waals surface area (Å²) in [5.41, 5.74) is 1.03. The molecule has 84 valence electrons. The molecular formula is C8H11BrN2O2S2. The molecule has 4 nitrogen and oxygen atoms in total. The van der Waals surface area contributed by atoms with E-state index in [1.807, 2.05) is 10.8 Å². The van der Waals surface area contributed by atoms with Gasteiger partial charge in [0.1, 0.15) is 0 Å². The highest BCUT2D eigenvalue weighted by atomic mass is 79.9. The predicted molar refractivity (Wildman–Crippen MR) is 64.0 cm³/mol. The summed E-state index contributed by atoms with van der Waals surface area (Å²) in [5.74, 6) is 0. The second kappa shape index (κ2) is 4.14. The lowest BCUT2D eigenvalue weighted by Crippen LogP contribution is -2.30. The number of thiophene rings is 1. The summed E-state index contributed by atoms with van der Waals surface area (Å²) in [6.07, 6.45) is 0. The average Bonchev–Trinajstić information content (AvgIpc) is 2.66. The van der Waals surface area contributed by atoms with Crippen LogP contribution in [0.15, 0.2) is 15.2 Å². The lowest BCUT2D eigenvalue weighted by atomic mass is 10.3. The second-order valence-electron chi connectivity index (χ2n) is 3.41. The number of nitrogens with zero attached hydrogens (tertiary/aromatic N) is 2. The highest BCUT2D eigenvalue weighted by Gasteiger charge is 2.33. The van der Waals surface area contributed by atoms with Crippen molar-refractivity contribution in [2.24, 2.45) is 0 Å². The molecule has 0 N–H and O–H groups in total. The van der Waals surface area contributed by atoms with Gasteiger partial charge in [-0.25, -0.2) is 0 Å². The van der Waals surface area contributed by atoms with Crippen LogP contribution >= 0.6 is 27.3 Å². The third-order valence-corrected chi connectivity index (χ3v) is 6.19. The number of rotatable bonds is 2. The summed E-state index contributed by atoms with van der Waals surface area (Å²) in [4.78, 5) is 0. The van der Waals surface area contributed by atoms with Crippen LogP contribution in [0.1, 0.15) is 5.56 Å². The molecule has 1 aliphatic heterocycles. The maximum atomic E-state index is 11.8. The molecule has 2 rings (SSSR count). The molecule has 0 aromatic carbocycles. The first-order valence-electron chi connectivity index (χ1n) is 4.44. The van der Waals surface area contributed by atoms with E-state index in [-0.39, 0.29) is 0 Å². The molecule has 15 heavy (non-hydrogen) atoms. The van der Waals surface area contributed by atoms with Gasteiger partial charge in [0, 0.05) is 36.5 Å². The summed E-state index contributed by atoms with van der Waals surface area (Å²) < 4.78 is 27.4. The van der Waals surface area contributed by atoms with Crippen LogP contribution in [0.4, 0.5) is 0 Å². The fraction of sp³-hybridized carbons (Fsp3) is 0.500. The molecule has 1 aromatic rings. The molecule has 0 unspecified atom stereocenters. The lowest BCUT2D eigenvalue weighted by molar-refractivity contribution is 0.444. The zero-order valence-electron chi connectivity index (χ0n) is 8.18. The Labute approximate surface area is 102 Å². The van der Waals surface area contributed by atoms with Gasteiger partial charge in [-0.3, -0.25) is 0 Å². The molecule has 0 bridgehead atoms. The molecule has 0 amide bonds. The molecule has 0 saturated carbocycles. The summed E-state index contributed by atoms with van der Waals surface area (Å²) in [7, 11) is -1.60. The van der Waals surface area contributed by atoms with E-state index in [4.69, 9.17) is 0 Å². The monoisotopic (exact) mass is 310 g/mol. The zero-order chi connectivity index (χ0) is 11.1. The van der Waals surface area contributed by atoms with E-state index < -0.39 is 10.2 Å². The maximum Gasteiger partial charge on any atom is 0.282 e. The minimum absolute atomic E-state index is 0.455. The maximum absolute atomic E-state index is 11.8. The molecule has 1 aliphatic rings. The number of hydrogen-bond donors (Lipinski definition) is 0. The first-order chi connectivity index (χ1) is 7.01. The molecule has 0 spiro atoms. The van der Waals surface area contributed by atoms with Gasteiger partial charge in [0.2, 0.25) is 0 Å². The van der Waals surface area contributed by atoms with Gasteiger partial charge in [-0.05, 0) is 26.9 Å². The van der Waals surface area contributed by atoms with Gasteiger partial charge in [-0.15, -0.1) is 0 Å². The highest BCUT2D eigenvalue weighted by molar-refractivity contribution is 9.10. The zero-order valence-corrected chi connectivity index (χ0v) is 11.4. The van der Waals surface area contributed by atoms with E-state index in [2.05, 4.69) is 15.9 Å². The Bertz CT molecular complexity index is 457. The van der Waals surface area contributed by atoms with E-state index >= 15 is 0 Å². The molecule has 7 heteroatoms. The molecule has 2 heterocycles. The number of likely N-dealkylation sites (N-methyl/N-ethyl adjacent to an activating group) is 1. The van der Waals surface area contributed by atoms with Crippen molar-refractivity contribution in [1.29, 1.82) is 0 Å². The van der Waals surface area contributed by atoms with Gasteiger partial charge in [0.15, 0.2) is 0 Å². The first-order valence-corrected chi connectivity index (χ1v) is 7.57. The highest BCUT2D eigenvalue weighted by Crippen LogP contribution is 2.25. The molecule has 0 radical (unpaired) electrons. The fourth-order valence-electron chi connectivity index (χ4n) is 1.45. The first kappa shape index (κ1) is 11.5. The van der Waals surface area contributed by atoms with Crippen molar-refractivity contribution in [3.05, 3.63) is 20.8 Å². The predicted octanol–water partition coefficient (Wildman–Crippen LogP) is 1.50. The Hall–Kier alpha value is 0.0500. The summed E-state index contributed by atoms with van der Waals surface area (Å²) >= 11 is 4.97. The number of halogens is 1. The van der Waals surface area contributed by atoms with Crippen molar-refractivity contribution in [3.63, 3.8) is 0 Å². The average molecular weight is 311 g/mol. The van der Waals surface area contributed by atoms with E-state index in [1.165, 1.54) is 8.61 Å². The minimum atomic E-state index is -3.21. The SMILES string of the molecule is CN1CCN(Cc2cscc2Br)S1(=O)=O. The molecule has 1 fully saturated rings. The van der Waals surface area contributed by atoms with Crippen LogP contribution in [0.25, 0.3) is 0 Å². The van der Waals surface area contributed by atoms with Crippen molar-refractivity contribution in [2.45, 2.75) is 6.54 Å². The van der Waals surface area contributed by atoms with E-state index in [0.29, 0.717) is 19.6 Å². The van der Waals surface area contributed by atoms with Crippen molar-refractivity contribution in [3.8, 4) is 0 Å². The molecular weight excluding hydrogens is 300 g/mol. The summed E-state index contributed by atoms with van der Waals surface area (Å²) in [5, 5.41) is 3.93. The second-order valence-corrected chi connectivity index (χ2v) is 7.04. The fourth-order valence-corrected chi connectivity index (χ4v) is 4.19. The third-order valence-electron chi connectivity index (χ3n) is 2.42. The summed E-state index contributed by atoms with van der Waals surface area (Å²) in [6.45, 7) is 1.60. The third kappa shape index (κ3) is 2.12. The van der Waals surface area contributed by atoms with Gasteiger partial charge >= 0.3 is 0 Å². The normalized spacial score (nSPS) is 22.3. The van der Waals surface area contributed by atoms with Gasteiger partial charge in [0.25, 0.3) is 10.2 Å². The van der Waals surface area contributed by atoms with Gasteiger partial charge in [-0.1, -0.05) is 0 Å². The number of hydrogen-bond acceptors (Lipinski definition) is 3. The Balaban J connectivity index is 2.18. The van der Waals surface area contributed by atoms with Crippen LogP contribution in [0.5, 0.6) is 0 Å². The van der Waals surface area contributed by atoms with Crippen LogP contribution in [-0.2, 0) is 16.8 Å². The lowest BCUT2D eigenvalue weighted by Gasteiger charge is -2.15. The van der Waals surface area contributed by atoms with E-state index in [9.17, 15) is 8.42 Å². The minimum Gasteiger partial charge on any atom is -0.195 e. The van der Waals surface area contributed by atoms with Crippen LogP contribution in [0, 0.1) is 0 Å². The standard InChI is InChI=1S/C8H11BrN2O2S2/c1-10-2-3-11(15(10,12)13)4-7-5-14-6-8(7)9/h5-6H,2-4H2,1H3. The smallest absolute Gasteiger partial charge is 0.195 e. The van der Waals surface area contributed by atoms with Gasteiger partial charge in [-0.2, -0.15) is 28.4 Å². The van der Waals surface area contributed by atoms with Gasteiger partial charge in [0.05, 0.1) is 0 Å². The Morgan fingerprint density at radius 3 is 2.67 bits per heavy atom. The molecule has 0 atom stereocenters. The van der Waals surface area contributed by atoms with Crippen LogP contribution < -0.4 is 0 Å². The Kier molecular flexibility index (Phi) is 3.18. The summed E-state index contributed by atoms with van der Waals surface area (Å²) in [6, 6.07) is 0. The largest absolute Gasteiger partial charge is 0.282 e. The van der Waals surface area contributed by atoms with Crippen molar-refractivity contribution < 1.29 is 8.42 Å².